The summed E-state index contributed by atoms with van der Waals surface area (Å²) in [7, 11) is 0. The van der Waals surface area contributed by atoms with Crippen molar-refractivity contribution in [3.8, 4) is 0 Å². The first-order valence-corrected chi connectivity index (χ1v) is 9.55. The van der Waals surface area contributed by atoms with E-state index in [9.17, 15) is 14.4 Å². The van der Waals surface area contributed by atoms with Crippen LogP contribution in [0.3, 0.4) is 0 Å². The summed E-state index contributed by atoms with van der Waals surface area (Å²) in [6.07, 6.45) is 1.07. The molecule has 2 aromatic carbocycles. The molecule has 1 aliphatic rings. The van der Waals surface area contributed by atoms with E-state index in [1.54, 1.807) is 48.5 Å². The minimum absolute atomic E-state index is 0.0101. The first-order valence-electron chi connectivity index (χ1n) is 9.17. The van der Waals surface area contributed by atoms with Crippen molar-refractivity contribution in [1.29, 1.82) is 0 Å². The molecule has 0 unspecified atom stereocenters. The average molecular weight is 400 g/mol. The van der Waals surface area contributed by atoms with Gasteiger partial charge in [-0.1, -0.05) is 30.7 Å². The van der Waals surface area contributed by atoms with Gasteiger partial charge in [0.2, 0.25) is 11.8 Å². The fourth-order valence-electron chi connectivity index (χ4n) is 2.83. The second-order valence-electron chi connectivity index (χ2n) is 6.92. The highest BCUT2D eigenvalue weighted by Gasteiger charge is 2.38. The maximum atomic E-state index is 12.4. The van der Waals surface area contributed by atoms with Crippen LogP contribution in [0.4, 0.5) is 11.4 Å². The zero-order chi connectivity index (χ0) is 20.1. The standard InChI is InChI=1S/C21H22ClN3O3/c1-13-12-16(13)21(28)23-11-10-19(26)24-17-4-2-3-5-18(17)25-20(27)14-6-8-15(22)9-7-14/h2-9,13,16H,10-12H2,1H3,(H,23,28)(H,24,26)(H,25,27)/t13-,16+/m0/s1. The van der Waals surface area contributed by atoms with Gasteiger partial charge in [0.05, 0.1) is 11.4 Å². The number of halogens is 1. The van der Waals surface area contributed by atoms with Crippen LogP contribution in [0.5, 0.6) is 0 Å². The van der Waals surface area contributed by atoms with E-state index in [-0.39, 0.29) is 36.6 Å². The quantitative estimate of drug-likeness (QED) is 0.663. The zero-order valence-electron chi connectivity index (χ0n) is 15.5. The molecule has 0 bridgehead atoms. The van der Waals surface area contributed by atoms with Gasteiger partial charge in [-0.05, 0) is 48.7 Å². The van der Waals surface area contributed by atoms with Gasteiger partial charge < -0.3 is 16.0 Å². The Morgan fingerprint density at radius 1 is 1.00 bits per heavy atom. The Kier molecular flexibility index (Phi) is 6.31. The summed E-state index contributed by atoms with van der Waals surface area (Å²) < 4.78 is 0. The van der Waals surface area contributed by atoms with Crippen LogP contribution in [0.15, 0.2) is 48.5 Å². The van der Waals surface area contributed by atoms with Gasteiger partial charge in [-0.3, -0.25) is 14.4 Å². The molecule has 0 aliphatic heterocycles. The molecule has 7 heteroatoms. The lowest BCUT2D eigenvalue weighted by molar-refractivity contribution is -0.122. The largest absolute Gasteiger partial charge is 0.355 e. The maximum Gasteiger partial charge on any atom is 0.255 e. The Morgan fingerprint density at radius 3 is 2.21 bits per heavy atom. The highest BCUT2D eigenvalue weighted by atomic mass is 35.5. The number of para-hydroxylation sites is 2. The van der Waals surface area contributed by atoms with Crippen LogP contribution in [0, 0.1) is 11.8 Å². The lowest BCUT2D eigenvalue weighted by atomic mass is 10.2. The average Bonchev–Trinajstić information content (AvgIpc) is 3.40. The van der Waals surface area contributed by atoms with Crippen molar-refractivity contribution in [1.82, 2.24) is 5.32 Å². The monoisotopic (exact) mass is 399 g/mol. The molecule has 3 rings (SSSR count). The maximum absolute atomic E-state index is 12.4. The molecule has 0 heterocycles. The molecule has 0 radical (unpaired) electrons. The van der Waals surface area contributed by atoms with Gasteiger partial charge in [0.15, 0.2) is 0 Å². The lowest BCUT2D eigenvalue weighted by Crippen LogP contribution is -2.29. The third-order valence-electron chi connectivity index (χ3n) is 4.65. The van der Waals surface area contributed by atoms with E-state index >= 15 is 0 Å². The summed E-state index contributed by atoms with van der Waals surface area (Å²) in [6, 6.07) is 13.5. The van der Waals surface area contributed by atoms with Crippen molar-refractivity contribution in [3.05, 3.63) is 59.1 Å². The molecular formula is C21H22ClN3O3. The van der Waals surface area contributed by atoms with E-state index in [1.165, 1.54) is 0 Å². The van der Waals surface area contributed by atoms with Gasteiger partial charge in [0.25, 0.3) is 5.91 Å². The van der Waals surface area contributed by atoms with E-state index in [0.717, 1.165) is 6.42 Å². The minimum Gasteiger partial charge on any atom is -0.355 e. The number of hydrogen-bond donors (Lipinski definition) is 3. The lowest BCUT2D eigenvalue weighted by Gasteiger charge is -2.12. The third kappa shape index (κ3) is 5.33. The molecule has 3 amide bonds. The predicted octanol–water partition coefficient (Wildman–Crippen LogP) is 3.69. The van der Waals surface area contributed by atoms with Crippen LogP contribution in [0.25, 0.3) is 0 Å². The van der Waals surface area contributed by atoms with Crippen molar-refractivity contribution >= 4 is 40.7 Å². The fourth-order valence-corrected chi connectivity index (χ4v) is 2.95. The second kappa shape index (κ2) is 8.89. The Hall–Kier alpha value is -2.86. The first-order chi connectivity index (χ1) is 13.4. The van der Waals surface area contributed by atoms with Crippen LogP contribution in [0.1, 0.15) is 30.1 Å². The van der Waals surface area contributed by atoms with Crippen molar-refractivity contribution in [2.24, 2.45) is 11.8 Å². The number of carbonyl (C=O) groups is 3. The molecule has 3 N–H and O–H groups in total. The molecule has 1 aliphatic carbocycles. The topological polar surface area (TPSA) is 87.3 Å². The van der Waals surface area contributed by atoms with Gasteiger partial charge in [-0.15, -0.1) is 0 Å². The molecule has 0 saturated heterocycles. The molecular weight excluding hydrogens is 378 g/mol. The smallest absolute Gasteiger partial charge is 0.255 e. The van der Waals surface area contributed by atoms with Crippen LogP contribution >= 0.6 is 11.6 Å². The summed E-state index contributed by atoms with van der Waals surface area (Å²) in [6.45, 7) is 2.32. The number of nitrogens with one attached hydrogen (secondary N) is 3. The molecule has 146 valence electrons. The highest BCUT2D eigenvalue weighted by molar-refractivity contribution is 6.30. The third-order valence-corrected chi connectivity index (χ3v) is 4.91. The van der Waals surface area contributed by atoms with Crippen LogP contribution in [-0.4, -0.2) is 24.3 Å². The number of benzene rings is 2. The predicted molar refractivity (Wildman–Crippen MR) is 109 cm³/mol. The van der Waals surface area contributed by atoms with E-state index in [2.05, 4.69) is 16.0 Å². The van der Waals surface area contributed by atoms with E-state index < -0.39 is 0 Å². The van der Waals surface area contributed by atoms with Gasteiger partial charge >= 0.3 is 0 Å². The van der Waals surface area contributed by atoms with E-state index in [0.29, 0.717) is 27.9 Å². The van der Waals surface area contributed by atoms with Crippen LogP contribution in [-0.2, 0) is 9.59 Å². The van der Waals surface area contributed by atoms with E-state index in [1.807, 2.05) is 6.92 Å². The zero-order valence-corrected chi connectivity index (χ0v) is 16.3. The summed E-state index contributed by atoms with van der Waals surface area (Å²) in [4.78, 5) is 36.4. The normalized spacial score (nSPS) is 17.5. The molecule has 2 aromatic rings. The number of carbonyl (C=O) groups excluding carboxylic acids is 3. The summed E-state index contributed by atoms with van der Waals surface area (Å²) in [5.74, 6) is -0.00531. The summed E-state index contributed by atoms with van der Waals surface area (Å²) in [5, 5.41) is 8.90. The molecule has 0 aromatic heterocycles. The Morgan fingerprint density at radius 2 is 1.61 bits per heavy atom. The first kappa shape index (κ1) is 19.9. The van der Waals surface area contributed by atoms with Gasteiger partial charge in [0, 0.05) is 29.5 Å². The number of anilines is 2. The fraction of sp³-hybridized carbons (Fsp3) is 0.286. The van der Waals surface area contributed by atoms with Crippen molar-refractivity contribution in [3.63, 3.8) is 0 Å². The highest BCUT2D eigenvalue weighted by Crippen LogP contribution is 2.37. The van der Waals surface area contributed by atoms with Crippen LogP contribution in [0.2, 0.25) is 5.02 Å². The molecule has 6 nitrogen and oxygen atoms in total. The summed E-state index contributed by atoms with van der Waals surface area (Å²) in [5.41, 5.74) is 1.45. The SMILES string of the molecule is C[C@H]1C[C@H]1C(=O)NCCC(=O)Nc1ccccc1NC(=O)c1ccc(Cl)cc1. The Labute approximate surface area is 168 Å². The Bertz CT molecular complexity index is 883. The van der Waals surface area contributed by atoms with E-state index in [4.69, 9.17) is 11.6 Å². The van der Waals surface area contributed by atoms with Gasteiger partial charge in [0.1, 0.15) is 0 Å². The van der Waals surface area contributed by atoms with Crippen molar-refractivity contribution < 1.29 is 14.4 Å². The second-order valence-corrected chi connectivity index (χ2v) is 7.35. The molecule has 28 heavy (non-hydrogen) atoms. The number of hydrogen-bond acceptors (Lipinski definition) is 3. The molecule has 1 fully saturated rings. The Balaban J connectivity index is 1.54. The van der Waals surface area contributed by atoms with Crippen molar-refractivity contribution in [2.75, 3.05) is 17.2 Å². The summed E-state index contributed by atoms with van der Waals surface area (Å²) >= 11 is 5.84. The molecule has 2 atom stereocenters. The molecule has 1 saturated carbocycles. The number of amides is 3. The number of rotatable bonds is 7. The van der Waals surface area contributed by atoms with Gasteiger partial charge in [-0.2, -0.15) is 0 Å². The molecule has 0 spiro atoms. The minimum atomic E-state index is -0.302. The van der Waals surface area contributed by atoms with Crippen LogP contribution < -0.4 is 16.0 Å². The van der Waals surface area contributed by atoms with Gasteiger partial charge in [-0.25, -0.2) is 0 Å². The van der Waals surface area contributed by atoms with Crippen molar-refractivity contribution in [2.45, 2.75) is 19.8 Å².